The van der Waals surface area contributed by atoms with E-state index in [9.17, 15) is 9.59 Å². The van der Waals surface area contributed by atoms with Crippen molar-refractivity contribution in [3.8, 4) is 0 Å². The lowest BCUT2D eigenvalue weighted by Gasteiger charge is -2.07. The summed E-state index contributed by atoms with van der Waals surface area (Å²) < 4.78 is 5.89. The van der Waals surface area contributed by atoms with Gasteiger partial charge in [-0.1, -0.05) is 34.1 Å². The van der Waals surface area contributed by atoms with Crippen LogP contribution in [0, 0.1) is 0 Å². The topological polar surface area (TPSA) is 83.7 Å². The maximum Gasteiger partial charge on any atom is 0.291 e. The lowest BCUT2D eigenvalue weighted by atomic mass is 10.1. The predicted octanol–water partition coefficient (Wildman–Crippen LogP) is 4.45. The van der Waals surface area contributed by atoms with Crippen LogP contribution in [0.5, 0.6) is 0 Å². The van der Waals surface area contributed by atoms with E-state index in [-0.39, 0.29) is 17.6 Å². The average Bonchev–Trinajstić information content (AvgIpc) is 3.21. The molecule has 136 valence electrons. The number of benzene rings is 2. The Hall–Kier alpha value is -3.19. The number of carbonyl (C=O) groups excluding carboxylic acids is 2. The molecule has 6 nitrogen and oxygen atoms in total. The summed E-state index contributed by atoms with van der Waals surface area (Å²) >= 11 is 3.33. The van der Waals surface area contributed by atoms with E-state index in [0.717, 1.165) is 10.0 Å². The molecule has 0 aliphatic heterocycles. The number of nitrogens with one attached hydrogen (secondary N) is 2. The first-order valence-electron chi connectivity index (χ1n) is 8.08. The van der Waals surface area contributed by atoms with Crippen LogP contribution >= 0.6 is 15.9 Å². The highest BCUT2D eigenvalue weighted by molar-refractivity contribution is 9.10. The molecule has 0 fully saturated rings. The largest absolute Gasteiger partial charge is 0.459 e. The fourth-order valence-corrected chi connectivity index (χ4v) is 2.72. The lowest BCUT2D eigenvalue weighted by Crippen LogP contribution is -2.19. The fraction of sp³-hybridized carbons (Fsp3) is 0.0500. The van der Waals surface area contributed by atoms with E-state index in [4.69, 9.17) is 4.42 Å². The Labute approximate surface area is 164 Å². The molecule has 2 amide bonds. The van der Waals surface area contributed by atoms with Crippen molar-refractivity contribution in [3.05, 3.63) is 88.3 Å². The third-order valence-electron chi connectivity index (χ3n) is 3.70. The maximum atomic E-state index is 12.2. The molecule has 0 radical (unpaired) electrons. The summed E-state index contributed by atoms with van der Waals surface area (Å²) in [5.74, 6) is -0.417. The van der Waals surface area contributed by atoms with Crippen molar-refractivity contribution in [1.29, 1.82) is 0 Å². The number of hydrogen-bond acceptors (Lipinski definition) is 4. The summed E-state index contributed by atoms with van der Waals surface area (Å²) in [4.78, 5) is 24.2. The zero-order valence-corrected chi connectivity index (χ0v) is 16.0. The van der Waals surface area contributed by atoms with Crippen molar-refractivity contribution in [2.75, 3.05) is 5.32 Å². The standard InChI is InChI=1S/C20H16BrN3O3/c1-13(23-24-19(25)15-6-2-7-16(21)11-15)14-5-3-8-17(12-14)22-20(26)18-9-4-10-27-18/h2-12H,1H3,(H,22,26)(H,24,25)/b23-13+. The van der Waals surface area contributed by atoms with Gasteiger partial charge in [-0.05, 0) is 55.0 Å². The van der Waals surface area contributed by atoms with Crippen molar-refractivity contribution in [3.63, 3.8) is 0 Å². The summed E-state index contributed by atoms with van der Waals surface area (Å²) in [7, 11) is 0. The van der Waals surface area contributed by atoms with E-state index in [2.05, 4.69) is 31.8 Å². The molecule has 0 spiro atoms. The highest BCUT2D eigenvalue weighted by Crippen LogP contribution is 2.14. The van der Waals surface area contributed by atoms with Crippen LogP contribution in [0.3, 0.4) is 0 Å². The second-order valence-corrected chi connectivity index (χ2v) is 6.58. The van der Waals surface area contributed by atoms with Crippen LogP contribution in [0.25, 0.3) is 0 Å². The van der Waals surface area contributed by atoms with Gasteiger partial charge < -0.3 is 9.73 Å². The van der Waals surface area contributed by atoms with Gasteiger partial charge >= 0.3 is 0 Å². The minimum Gasteiger partial charge on any atom is -0.459 e. The summed E-state index contributed by atoms with van der Waals surface area (Å²) in [6.45, 7) is 1.77. The minimum absolute atomic E-state index is 0.229. The van der Waals surface area contributed by atoms with Gasteiger partial charge in [0.25, 0.3) is 11.8 Å². The third-order valence-corrected chi connectivity index (χ3v) is 4.19. The Bertz CT molecular complexity index is 997. The molecule has 2 aromatic carbocycles. The second kappa shape index (κ2) is 8.46. The van der Waals surface area contributed by atoms with Crippen molar-refractivity contribution < 1.29 is 14.0 Å². The van der Waals surface area contributed by atoms with Crippen LogP contribution in [0.4, 0.5) is 5.69 Å². The molecular formula is C20H16BrN3O3. The van der Waals surface area contributed by atoms with Gasteiger partial charge in [-0.2, -0.15) is 5.10 Å². The number of hydrogen-bond donors (Lipinski definition) is 2. The second-order valence-electron chi connectivity index (χ2n) is 5.66. The molecule has 3 rings (SSSR count). The summed E-state index contributed by atoms with van der Waals surface area (Å²) in [6, 6.07) is 17.4. The van der Waals surface area contributed by atoms with E-state index in [1.165, 1.54) is 6.26 Å². The lowest BCUT2D eigenvalue weighted by molar-refractivity contribution is 0.0953. The van der Waals surface area contributed by atoms with Gasteiger partial charge in [-0.15, -0.1) is 0 Å². The Balaban J connectivity index is 1.69. The number of anilines is 1. The van der Waals surface area contributed by atoms with Gasteiger partial charge in [0.1, 0.15) is 0 Å². The summed E-state index contributed by atoms with van der Waals surface area (Å²) in [6.07, 6.45) is 1.44. The zero-order valence-electron chi connectivity index (χ0n) is 14.4. The first-order chi connectivity index (χ1) is 13.0. The predicted molar refractivity (Wildman–Crippen MR) is 107 cm³/mol. The first kappa shape index (κ1) is 18.6. The molecule has 0 saturated heterocycles. The molecule has 0 atom stereocenters. The number of carbonyl (C=O) groups is 2. The highest BCUT2D eigenvalue weighted by atomic mass is 79.9. The van der Waals surface area contributed by atoms with E-state index in [1.807, 2.05) is 12.1 Å². The Morgan fingerprint density at radius 1 is 0.963 bits per heavy atom. The molecular weight excluding hydrogens is 410 g/mol. The Morgan fingerprint density at radius 2 is 1.74 bits per heavy atom. The molecule has 2 N–H and O–H groups in total. The van der Waals surface area contributed by atoms with Gasteiger partial charge in [0.2, 0.25) is 0 Å². The molecule has 0 aliphatic rings. The quantitative estimate of drug-likeness (QED) is 0.467. The van der Waals surface area contributed by atoms with Gasteiger partial charge in [0.05, 0.1) is 12.0 Å². The number of rotatable bonds is 5. The van der Waals surface area contributed by atoms with Crippen LogP contribution < -0.4 is 10.7 Å². The molecule has 27 heavy (non-hydrogen) atoms. The SMILES string of the molecule is C/C(=N\NC(=O)c1cccc(Br)c1)c1cccc(NC(=O)c2ccco2)c1. The molecule has 3 aromatic rings. The summed E-state index contributed by atoms with van der Waals surface area (Å²) in [5, 5.41) is 6.90. The minimum atomic E-state index is -0.338. The highest BCUT2D eigenvalue weighted by Gasteiger charge is 2.10. The number of halogens is 1. The maximum absolute atomic E-state index is 12.2. The zero-order chi connectivity index (χ0) is 19.2. The van der Waals surface area contributed by atoms with Gasteiger partial charge in [-0.3, -0.25) is 9.59 Å². The molecule has 0 saturated carbocycles. The number of furan rings is 1. The van der Waals surface area contributed by atoms with Crippen molar-refractivity contribution in [2.45, 2.75) is 6.92 Å². The van der Waals surface area contributed by atoms with Crippen LogP contribution in [0.2, 0.25) is 0 Å². The van der Waals surface area contributed by atoms with Gasteiger partial charge in [-0.25, -0.2) is 5.43 Å². The Kier molecular flexibility index (Phi) is 5.83. The fourth-order valence-electron chi connectivity index (χ4n) is 2.32. The van der Waals surface area contributed by atoms with Crippen LogP contribution in [-0.2, 0) is 0 Å². The van der Waals surface area contributed by atoms with E-state index < -0.39 is 0 Å². The molecule has 0 unspecified atom stereocenters. The van der Waals surface area contributed by atoms with Crippen LogP contribution in [0.1, 0.15) is 33.4 Å². The van der Waals surface area contributed by atoms with Crippen molar-refractivity contribution >= 4 is 39.1 Å². The first-order valence-corrected chi connectivity index (χ1v) is 8.88. The monoisotopic (exact) mass is 425 g/mol. The molecule has 0 aliphatic carbocycles. The average molecular weight is 426 g/mol. The summed E-state index contributed by atoms with van der Waals surface area (Å²) in [5.41, 5.74) is 5.00. The third kappa shape index (κ3) is 4.92. The van der Waals surface area contributed by atoms with Crippen LogP contribution in [-0.4, -0.2) is 17.5 Å². The van der Waals surface area contributed by atoms with E-state index >= 15 is 0 Å². The van der Waals surface area contributed by atoms with Crippen molar-refractivity contribution in [1.82, 2.24) is 5.43 Å². The normalized spacial score (nSPS) is 11.1. The molecule has 7 heteroatoms. The molecule has 1 aromatic heterocycles. The Morgan fingerprint density at radius 3 is 2.48 bits per heavy atom. The van der Waals surface area contributed by atoms with E-state index in [0.29, 0.717) is 17.0 Å². The number of hydrazone groups is 1. The molecule has 1 heterocycles. The van der Waals surface area contributed by atoms with Gasteiger partial charge in [0.15, 0.2) is 5.76 Å². The van der Waals surface area contributed by atoms with Crippen molar-refractivity contribution in [2.24, 2.45) is 5.10 Å². The molecule has 0 bridgehead atoms. The van der Waals surface area contributed by atoms with E-state index in [1.54, 1.807) is 55.5 Å². The number of nitrogens with zero attached hydrogens (tertiary/aromatic N) is 1. The van der Waals surface area contributed by atoms with Gasteiger partial charge in [0, 0.05) is 15.7 Å². The van der Waals surface area contributed by atoms with Crippen LogP contribution in [0.15, 0.2) is 80.9 Å². The number of amides is 2. The smallest absolute Gasteiger partial charge is 0.291 e.